The Kier molecular flexibility index (Phi) is 3.07. The number of ether oxygens (including phenoxy) is 1. The van der Waals surface area contributed by atoms with E-state index < -0.39 is 22.5 Å². The van der Waals surface area contributed by atoms with E-state index in [2.05, 4.69) is 4.74 Å². The highest BCUT2D eigenvalue weighted by Crippen LogP contribution is 2.35. The van der Waals surface area contributed by atoms with E-state index in [1.807, 2.05) is 0 Å². The summed E-state index contributed by atoms with van der Waals surface area (Å²) in [5.74, 6) is -0.581. The van der Waals surface area contributed by atoms with Crippen molar-refractivity contribution in [3.05, 3.63) is 0 Å². The van der Waals surface area contributed by atoms with Crippen molar-refractivity contribution < 1.29 is 26.3 Å². The number of rotatable bonds is 3. The van der Waals surface area contributed by atoms with Crippen molar-refractivity contribution in [3.63, 3.8) is 0 Å². The molecule has 1 aliphatic carbocycles. The second-order valence-electron chi connectivity index (χ2n) is 3.35. The van der Waals surface area contributed by atoms with E-state index in [4.69, 9.17) is 5.14 Å². The zero-order valence-corrected chi connectivity index (χ0v) is 7.94. The van der Waals surface area contributed by atoms with Gasteiger partial charge in [-0.05, 0) is 18.8 Å². The predicted octanol–water partition coefficient (Wildman–Crippen LogP) is 0.590. The van der Waals surface area contributed by atoms with Crippen LogP contribution in [0.4, 0.5) is 13.2 Å². The van der Waals surface area contributed by atoms with Crippen LogP contribution >= 0.6 is 0 Å². The Bertz CT molecular complexity index is 294. The fourth-order valence-corrected chi connectivity index (χ4v) is 2.35. The summed E-state index contributed by atoms with van der Waals surface area (Å²) in [5.41, 5.74) is 0. The highest BCUT2D eigenvalue weighted by Gasteiger charge is 2.40. The number of hydrogen-bond acceptors (Lipinski definition) is 3. The molecule has 8 heteroatoms. The molecule has 0 bridgehead atoms. The first-order chi connectivity index (χ1) is 6.16. The van der Waals surface area contributed by atoms with Crippen LogP contribution in [0.3, 0.4) is 0 Å². The second kappa shape index (κ2) is 3.67. The Hall–Kier alpha value is -0.340. The average Bonchev–Trinajstić information content (AvgIpc) is 1.75. The number of hydrogen-bond donors (Lipinski definition) is 1. The second-order valence-corrected chi connectivity index (χ2v) is 5.01. The molecule has 4 nitrogen and oxygen atoms in total. The zero-order valence-electron chi connectivity index (χ0n) is 7.12. The largest absolute Gasteiger partial charge is 0.522 e. The Morgan fingerprint density at radius 3 is 2.21 bits per heavy atom. The van der Waals surface area contributed by atoms with Crippen LogP contribution in [0.15, 0.2) is 0 Å². The quantitative estimate of drug-likeness (QED) is 0.775. The van der Waals surface area contributed by atoms with E-state index in [-0.39, 0.29) is 24.5 Å². The fraction of sp³-hybridized carbons (Fsp3) is 1.00. The monoisotopic (exact) mass is 233 g/mol. The van der Waals surface area contributed by atoms with Gasteiger partial charge < -0.3 is 0 Å². The van der Waals surface area contributed by atoms with Crippen molar-refractivity contribution in [1.29, 1.82) is 0 Å². The third-order valence-corrected chi connectivity index (χ3v) is 2.90. The van der Waals surface area contributed by atoms with E-state index in [0.29, 0.717) is 0 Å². The summed E-state index contributed by atoms with van der Waals surface area (Å²) in [5, 5.41) is 4.73. The lowest BCUT2D eigenvalue weighted by Gasteiger charge is -2.34. The summed E-state index contributed by atoms with van der Waals surface area (Å²) in [7, 11) is -3.59. The minimum atomic E-state index is -4.64. The molecule has 1 aliphatic rings. The van der Waals surface area contributed by atoms with E-state index in [9.17, 15) is 21.6 Å². The van der Waals surface area contributed by atoms with E-state index in [1.165, 1.54) is 0 Å². The predicted molar refractivity (Wildman–Crippen MR) is 41.6 cm³/mol. The smallest absolute Gasteiger partial charge is 0.289 e. The fourth-order valence-electron chi connectivity index (χ4n) is 1.42. The van der Waals surface area contributed by atoms with Gasteiger partial charge in [-0.15, -0.1) is 13.2 Å². The first-order valence-corrected chi connectivity index (χ1v) is 5.62. The SMILES string of the molecule is NS(=O)(=O)CC1CC(OC(F)(F)F)C1. The molecule has 84 valence electrons. The van der Waals surface area contributed by atoms with E-state index in [1.54, 1.807) is 0 Å². The maximum absolute atomic E-state index is 11.6. The normalized spacial score (nSPS) is 28.6. The average molecular weight is 233 g/mol. The van der Waals surface area contributed by atoms with Crippen LogP contribution in [-0.4, -0.2) is 26.6 Å². The van der Waals surface area contributed by atoms with Crippen molar-refractivity contribution in [1.82, 2.24) is 0 Å². The molecule has 0 spiro atoms. The summed E-state index contributed by atoms with van der Waals surface area (Å²) in [6.45, 7) is 0. The molecule has 14 heavy (non-hydrogen) atoms. The Morgan fingerprint density at radius 1 is 1.36 bits per heavy atom. The number of halogens is 3. The van der Waals surface area contributed by atoms with Gasteiger partial charge in [-0.1, -0.05) is 0 Å². The molecular formula is C6H10F3NO3S. The Balaban J connectivity index is 2.25. The number of sulfonamides is 1. The van der Waals surface area contributed by atoms with Crippen LogP contribution in [0.25, 0.3) is 0 Å². The van der Waals surface area contributed by atoms with Gasteiger partial charge in [0.25, 0.3) is 0 Å². The minimum Gasteiger partial charge on any atom is -0.289 e. The van der Waals surface area contributed by atoms with Gasteiger partial charge in [-0.25, -0.2) is 13.6 Å². The highest BCUT2D eigenvalue weighted by molar-refractivity contribution is 7.89. The van der Waals surface area contributed by atoms with Crippen molar-refractivity contribution >= 4 is 10.0 Å². The lowest BCUT2D eigenvalue weighted by molar-refractivity contribution is -0.353. The van der Waals surface area contributed by atoms with Crippen LogP contribution in [0.1, 0.15) is 12.8 Å². The molecule has 0 aromatic rings. The van der Waals surface area contributed by atoms with Gasteiger partial charge in [0, 0.05) is 0 Å². The first kappa shape index (κ1) is 11.7. The molecule has 0 heterocycles. The Morgan fingerprint density at radius 2 is 1.86 bits per heavy atom. The molecule has 1 rings (SSSR count). The Labute approximate surface area is 79.3 Å². The van der Waals surface area contributed by atoms with Crippen molar-refractivity contribution in [3.8, 4) is 0 Å². The van der Waals surface area contributed by atoms with Crippen LogP contribution in [0.5, 0.6) is 0 Å². The summed E-state index contributed by atoms with van der Waals surface area (Å²) >= 11 is 0. The van der Waals surface area contributed by atoms with Gasteiger partial charge in [-0.3, -0.25) is 4.74 Å². The third-order valence-electron chi connectivity index (χ3n) is 1.96. The summed E-state index contributed by atoms with van der Waals surface area (Å²) in [6, 6.07) is 0. The van der Waals surface area contributed by atoms with Crippen LogP contribution in [-0.2, 0) is 14.8 Å². The molecule has 0 atom stereocenters. The topological polar surface area (TPSA) is 69.4 Å². The molecule has 1 saturated carbocycles. The molecule has 0 unspecified atom stereocenters. The number of nitrogens with two attached hydrogens (primary N) is 1. The molecule has 2 N–H and O–H groups in total. The molecule has 0 radical (unpaired) electrons. The van der Waals surface area contributed by atoms with Gasteiger partial charge in [0.05, 0.1) is 11.9 Å². The van der Waals surface area contributed by atoms with Gasteiger partial charge in [0.1, 0.15) is 0 Å². The summed E-state index contributed by atoms with van der Waals surface area (Å²) in [6.07, 6.45) is -5.37. The first-order valence-electron chi connectivity index (χ1n) is 3.91. The standard InChI is InChI=1S/C6H10F3NO3S/c7-6(8,9)13-5-1-4(2-5)3-14(10,11)12/h4-5H,1-3H2,(H2,10,11,12). The highest BCUT2D eigenvalue weighted by atomic mass is 32.2. The number of primary sulfonamides is 1. The van der Waals surface area contributed by atoms with Gasteiger partial charge in [0.2, 0.25) is 10.0 Å². The van der Waals surface area contributed by atoms with Crippen molar-refractivity contribution in [2.24, 2.45) is 11.1 Å². The molecule has 0 saturated heterocycles. The lowest BCUT2D eigenvalue weighted by atomic mass is 9.84. The van der Waals surface area contributed by atoms with Gasteiger partial charge in [-0.2, -0.15) is 0 Å². The summed E-state index contributed by atoms with van der Waals surface area (Å²) in [4.78, 5) is 0. The van der Waals surface area contributed by atoms with E-state index in [0.717, 1.165) is 0 Å². The molecule has 0 aromatic carbocycles. The van der Waals surface area contributed by atoms with Gasteiger partial charge >= 0.3 is 6.36 Å². The maximum Gasteiger partial charge on any atom is 0.522 e. The molecule has 0 amide bonds. The molecule has 1 fully saturated rings. The van der Waals surface area contributed by atoms with Crippen LogP contribution in [0.2, 0.25) is 0 Å². The zero-order chi connectivity index (χ0) is 11.0. The third kappa shape index (κ3) is 4.25. The lowest BCUT2D eigenvalue weighted by Crippen LogP contribution is -2.40. The summed E-state index contributed by atoms with van der Waals surface area (Å²) < 4.78 is 59.6. The van der Waals surface area contributed by atoms with Crippen LogP contribution in [0, 0.1) is 5.92 Å². The molecule has 0 aromatic heterocycles. The number of alkyl halides is 3. The van der Waals surface area contributed by atoms with E-state index >= 15 is 0 Å². The van der Waals surface area contributed by atoms with Gasteiger partial charge in [0.15, 0.2) is 0 Å². The van der Waals surface area contributed by atoms with Crippen molar-refractivity contribution in [2.75, 3.05) is 5.75 Å². The van der Waals surface area contributed by atoms with Crippen molar-refractivity contribution in [2.45, 2.75) is 25.3 Å². The van der Waals surface area contributed by atoms with Crippen LogP contribution < -0.4 is 5.14 Å². The maximum atomic E-state index is 11.6. The molecule has 0 aliphatic heterocycles. The molecular weight excluding hydrogens is 223 g/mol. The minimum absolute atomic E-state index is 0.0932.